The van der Waals surface area contributed by atoms with E-state index in [0.717, 1.165) is 23.1 Å². The molecule has 0 spiro atoms. The van der Waals surface area contributed by atoms with Crippen LogP contribution in [-0.2, 0) is 16.1 Å². The zero-order valence-electron chi connectivity index (χ0n) is 16.6. The van der Waals surface area contributed by atoms with E-state index in [1.54, 1.807) is 7.11 Å². The number of rotatable bonds is 4. The van der Waals surface area contributed by atoms with Crippen LogP contribution in [0.1, 0.15) is 36.8 Å². The number of allylic oxidation sites excluding steroid dienone is 1. The normalized spacial score (nSPS) is 16.7. The van der Waals surface area contributed by atoms with Gasteiger partial charge in [-0.1, -0.05) is 42.5 Å². The molecule has 0 saturated carbocycles. The number of ether oxygens (including phenoxy) is 2. The molecule has 0 radical (unpaired) electrons. The molecule has 0 saturated heterocycles. The van der Waals surface area contributed by atoms with Crippen molar-refractivity contribution >= 4 is 17.3 Å². The lowest BCUT2D eigenvalue weighted by atomic mass is 9.99. The summed E-state index contributed by atoms with van der Waals surface area (Å²) in [5.74, 6) is 1.46. The highest BCUT2D eigenvalue weighted by molar-refractivity contribution is 6.10. The number of Topliss-reactive ketones (excluding diaryl/α,β-unsaturated/α-hetero) is 1. The Morgan fingerprint density at radius 3 is 2.72 bits per heavy atom. The van der Waals surface area contributed by atoms with Gasteiger partial charge in [0.2, 0.25) is 5.91 Å². The number of hydrogen-bond donors (Lipinski definition) is 0. The van der Waals surface area contributed by atoms with Gasteiger partial charge in [-0.2, -0.15) is 0 Å². The number of hydrogen-bond acceptors (Lipinski definition) is 4. The fourth-order valence-electron chi connectivity index (χ4n) is 4.07. The Morgan fingerprint density at radius 1 is 1.10 bits per heavy atom. The summed E-state index contributed by atoms with van der Waals surface area (Å²) >= 11 is 0. The van der Waals surface area contributed by atoms with E-state index in [1.807, 2.05) is 53.4 Å². The molecule has 1 amide bonds. The average molecular weight is 391 g/mol. The van der Waals surface area contributed by atoms with E-state index < -0.39 is 0 Å². The van der Waals surface area contributed by atoms with Crippen molar-refractivity contribution in [2.24, 2.45) is 0 Å². The molecule has 4 rings (SSSR count). The minimum atomic E-state index is -0.0145. The lowest BCUT2D eigenvalue weighted by Gasteiger charge is -2.27. The van der Waals surface area contributed by atoms with Gasteiger partial charge in [0.05, 0.1) is 20.1 Å². The Morgan fingerprint density at radius 2 is 1.93 bits per heavy atom. The van der Waals surface area contributed by atoms with E-state index in [2.05, 4.69) is 0 Å². The van der Waals surface area contributed by atoms with Gasteiger partial charge < -0.3 is 14.4 Å². The van der Waals surface area contributed by atoms with Gasteiger partial charge in [0.1, 0.15) is 0 Å². The van der Waals surface area contributed by atoms with Gasteiger partial charge in [0, 0.05) is 30.6 Å². The van der Waals surface area contributed by atoms with Crippen LogP contribution in [0, 0.1) is 0 Å². The van der Waals surface area contributed by atoms with Crippen molar-refractivity contribution in [1.82, 2.24) is 4.90 Å². The molecule has 0 bridgehead atoms. The molecule has 5 heteroatoms. The molecule has 1 heterocycles. The third-order valence-corrected chi connectivity index (χ3v) is 5.57. The molecule has 150 valence electrons. The van der Waals surface area contributed by atoms with Crippen molar-refractivity contribution in [2.75, 3.05) is 20.3 Å². The number of para-hydroxylation sites is 1. The Labute approximate surface area is 170 Å². The van der Waals surface area contributed by atoms with E-state index in [1.165, 1.54) is 0 Å². The van der Waals surface area contributed by atoms with Gasteiger partial charge in [0.15, 0.2) is 17.3 Å². The van der Waals surface area contributed by atoms with E-state index >= 15 is 0 Å². The number of amides is 1. The summed E-state index contributed by atoms with van der Waals surface area (Å²) in [4.78, 5) is 27.5. The standard InChI is InChI=1S/C24H25NO4/c1-28-22-10-5-9-18-16-25(13-6-14-29-24(18)22)23(27)15-20-19(11-12-21(20)26)17-7-3-2-4-8-17/h2-5,7-10H,6,11-16H2,1H3. The van der Waals surface area contributed by atoms with E-state index in [-0.39, 0.29) is 18.1 Å². The number of methoxy groups -OCH3 is 1. The summed E-state index contributed by atoms with van der Waals surface area (Å²) in [6.07, 6.45) is 2.09. The number of benzene rings is 2. The molecule has 2 aliphatic rings. The van der Waals surface area contributed by atoms with Gasteiger partial charge in [-0.05, 0) is 30.0 Å². The minimum Gasteiger partial charge on any atom is -0.493 e. The molecule has 5 nitrogen and oxygen atoms in total. The molecule has 0 fully saturated rings. The SMILES string of the molecule is COc1cccc2c1OCCCN(C(=O)CC1=C(c3ccccc3)CCC1=O)C2. The largest absolute Gasteiger partial charge is 0.493 e. The first kappa shape index (κ1) is 19.2. The van der Waals surface area contributed by atoms with Crippen LogP contribution in [0.5, 0.6) is 11.5 Å². The minimum absolute atomic E-state index is 0.0145. The van der Waals surface area contributed by atoms with Gasteiger partial charge >= 0.3 is 0 Å². The summed E-state index contributed by atoms with van der Waals surface area (Å²) < 4.78 is 11.3. The lowest BCUT2D eigenvalue weighted by Crippen LogP contribution is -2.34. The van der Waals surface area contributed by atoms with E-state index in [0.29, 0.717) is 49.6 Å². The molecule has 1 aliphatic heterocycles. The maximum Gasteiger partial charge on any atom is 0.227 e. The Kier molecular flexibility index (Phi) is 5.65. The first-order valence-corrected chi connectivity index (χ1v) is 10.0. The summed E-state index contributed by atoms with van der Waals surface area (Å²) in [5, 5.41) is 0. The topological polar surface area (TPSA) is 55.8 Å². The van der Waals surface area contributed by atoms with Crippen LogP contribution in [0.4, 0.5) is 0 Å². The lowest BCUT2D eigenvalue weighted by molar-refractivity contribution is -0.132. The predicted octanol–water partition coefficient (Wildman–Crippen LogP) is 4.01. The molecule has 0 unspecified atom stereocenters. The zero-order chi connectivity index (χ0) is 20.2. The van der Waals surface area contributed by atoms with Crippen molar-refractivity contribution in [2.45, 2.75) is 32.2 Å². The highest BCUT2D eigenvalue weighted by atomic mass is 16.5. The van der Waals surface area contributed by atoms with E-state index in [4.69, 9.17) is 9.47 Å². The Hall–Kier alpha value is -3.08. The maximum absolute atomic E-state index is 13.2. The third-order valence-electron chi connectivity index (χ3n) is 5.57. The number of fused-ring (bicyclic) bond motifs is 1. The van der Waals surface area contributed by atoms with Crippen LogP contribution < -0.4 is 9.47 Å². The van der Waals surface area contributed by atoms with Gasteiger partial charge in [-0.15, -0.1) is 0 Å². The fraction of sp³-hybridized carbons (Fsp3) is 0.333. The van der Waals surface area contributed by atoms with Crippen LogP contribution in [0.15, 0.2) is 54.1 Å². The fourth-order valence-corrected chi connectivity index (χ4v) is 4.07. The number of ketones is 1. The second kappa shape index (κ2) is 8.52. The van der Waals surface area contributed by atoms with Crippen molar-refractivity contribution < 1.29 is 19.1 Å². The van der Waals surface area contributed by atoms with Crippen molar-refractivity contribution in [3.8, 4) is 11.5 Å². The van der Waals surface area contributed by atoms with Gasteiger partial charge in [-0.25, -0.2) is 0 Å². The van der Waals surface area contributed by atoms with Gasteiger partial charge in [0.25, 0.3) is 0 Å². The van der Waals surface area contributed by atoms with Crippen LogP contribution in [0.25, 0.3) is 5.57 Å². The van der Waals surface area contributed by atoms with Crippen LogP contribution >= 0.6 is 0 Å². The monoisotopic (exact) mass is 391 g/mol. The highest BCUT2D eigenvalue weighted by Crippen LogP contribution is 2.35. The van der Waals surface area contributed by atoms with Crippen molar-refractivity contribution in [1.29, 1.82) is 0 Å². The van der Waals surface area contributed by atoms with Crippen molar-refractivity contribution in [3.05, 3.63) is 65.2 Å². The molecule has 0 N–H and O–H groups in total. The van der Waals surface area contributed by atoms with Crippen molar-refractivity contribution in [3.63, 3.8) is 0 Å². The quantitative estimate of drug-likeness (QED) is 0.790. The first-order valence-electron chi connectivity index (χ1n) is 10.0. The van der Waals surface area contributed by atoms with E-state index in [9.17, 15) is 9.59 Å². The second-order valence-electron chi connectivity index (χ2n) is 7.39. The number of nitrogens with zero attached hydrogens (tertiary/aromatic N) is 1. The second-order valence-corrected chi connectivity index (χ2v) is 7.39. The van der Waals surface area contributed by atoms with Crippen LogP contribution in [0.3, 0.4) is 0 Å². The van der Waals surface area contributed by atoms with Crippen LogP contribution in [-0.4, -0.2) is 36.9 Å². The third kappa shape index (κ3) is 4.04. The molecule has 2 aromatic carbocycles. The molecule has 0 aromatic heterocycles. The smallest absolute Gasteiger partial charge is 0.227 e. The summed E-state index contributed by atoms with van der Waals surface area (Å²) in [5.41, 5.74) is 3.65. The highest BCUT2D eigenvalue weighted by Gasteiger charge is 2.28. The van der Waals surface area contributed by atoms with Gasteiger partial charge in [-0.3, -0.25) is 9.59 Å². The molecular weight excluding hydrogens is 366 g/mol. The molecule has 2 aromatic rings. The molecular formula is C24H25NO4. The number of carbonyl (C=O) groups is 2. The maximum atomic E-state index is 13.2. The summed E-state index contributed by atoms with van der Waals surface area (Å²) in [7, 11) is 1.62. The average Bonchev–Trinajstić information content (AvgIpc) is 3.09. The molecule has 0 atom stereocenters. The summed E-state index contributed by atoms with van der Waals surface area (Å²) in [6, 6.07) is 15.6. The molecule has 29 heavy (non-hydrogen) atoms. The first-order chi connectivity index (χ1) is 14.2. The van der Waals surface area contributed by atoms with Crippen LogP contribution in [0.2, 0.25) is 0 Å². The Bertz CT molecular complexity index is 949. The Balaban J connectivity index is 1.58. The zero-order valence-corrected chi connectivity index (χ0v) is 16.6. The number of carbonyl (C=O) groups excluding carboxylic acids is 2. The summed E-state index contributed by atoms with van der Waals surface area (Å²) in [6.45, 7) is 1.58. The predicted molar refractivity (Wildman–Crippen MR) is 111 cm³/mol. The molecule has 1 aliphatic carbocycles.